The number of nitrogens with zero attached hydrogens (tertiary/aromatic N) is 2. The van der Waals surface area contributed by atoms with Crippen molar-refractivity contribution in [2.45, 2.75) is 32.6 Å². The number of rotatable bonds is 6. The summed E-state index contributed by atoms with van der Waals surface area (Å²) in [6.45, 7) is 5.62. The molecule has 96 valence electrons. The van der Waals surface area contributed by atoms with Crippen molar-refractivity contribution in [3.63, 3.8) is 0 Å². The van der Waals surface area contributed by atoms with E-state index >= 15 is 0 Å². The second-order valence-corrected chi connectivity index (χ2v) is 5.46. The Balaban J connectivity index is 4.64. The van der Waals surface area contributed by atoms with Crippen LogP contribution in [0.5, 0.6) is 0 Å². The minimum absolute atomic E-state index is 0.160. The molecule has 5 heteroatoms. The molecule has 0 saturated heterocycles. The Bertz CT molecular complexity index is 406. The fourth-order valence-electron chi connectivity index (χ4n) is 0.943. The van der Waals surface area contributed by atoms with E-state index in [4.69, 9.17) is 0 Å². The zero-order chi connectivity index (χ0) is 13.1. The van der Waals surface area contributed by atoms with E-state index in [1.807, 2.05) is 6.08 Å². The van der Waals surface area contributed by atoms with E-state index < -0.39 is 9.84 Å². The molecule has 0 aromatic carbocycles. The summed E-state index contributed by atoms with van der Waals surface area (Å²) in [7, 11) is -3.37. The van der Waals surface area contributed by atoms with E-state index in [1.54, 1.807) is 6.08 Å². The first-order valence-electron chi connectivity index (χ1n) is 5.58. The molecule has 0 radical (unpaired) electrons. The molecule has 0 amide bonds. The van der Waals surface area contributed by atoms with E-state index in [0.29, 0.717) is 6.42 Å². The van der Waals surface area contributed by atoms with Crippen molar-refractivity contribution in [2.24, 2.45) is 9.98 Å². The summed E-state index contributed by atoms with van der Waals surface area (Å²) in [5.41, 5.74) is 0. The molecule has 0 aliphatic heterocycles. The highest BCUT2D eigenvalue weighted by molar-refractivity contribution is 8.05. The van der Waals surface area contributed by atoms with Gasteiger partial charge < -0.3 is 0 Å². The van der Waals surface area contributed by atoms with Crippen LogP contribution in [0.25, 0.3) is 0 Å². The highest BCUT2D eigenvalue weighted by atomic mass is 32.2. The van der Waals surface area contributed by atoms with Crippen LogP contribution >= 0.6 is 0 Å². The predicted octanol–water partition coefficient (Wildman–Crippen LogP) is 2.74. The van der Waals surface area contributed by atoms with Gasteiger partial charge in [0.25, 0.3) is 0 Å². The van der Waals surface area contributed by atoms with Crippen LogP contribution in [-0.2, 0) is 9.84 Å². The molecule has 0 unspecified atom stereocenters. The predicted molar refractivity (Wildman–Crippen MR) is 74.2 cm³/mol. The lowest BCUT2D eigenvalue weighted by Gasteiger charge is -1.94. The molecule has 0 N–H and O–H groups in total. The molecule has 17 heavy (non-hydrogen) atoms. The van der Waals surface area contributed by atoms with Crippen molar-refractivity contribution in [2.75, 3.05) is 6.26 Å². The number of sulfone groups is 1. The Kier molecular flexibility index (Phi) is 8.23. The lowest BCUT2D eigenvalue weighted by atomic mass is 10.2. The maximum atomic E-state index is 11.3. The van der Waals surface area contributed by atoms with Gasteiger partial charge in [-0.2, -0.15) is 0 Å². The molecule has 0 aliphatic carbocycles. The second kappa shape index (κ2) is 8.87. The quantitative estimate of drug-likeness (QED) is 0.317. The number of hydrogen-bond acceptors (Lipinski definition) is 3. The van der Waals surface area contributed by atoms with Crippen molar-refractivity contribution in [1.29, 1.82) is 0 Å². The normalized spacial score (nSPS) is 13.6. The maximum Gasteiger partial charge on any atom is 0.246 e. The topological polar surface area (TPSA) is 58.9 Å². The summed E-state index contributed by atoms with van der Waals surface area (Å²) in [4.78, 5) is 7.67. The van der Waals surface area contributed by atoms with Crippen LogP contribution in [0.3, 0.4) is 0 Å². The third kappa shape index (κ3) is 8.56. The van der Waals surface area contributed by atoms with Gasteiger partial charge in [0, 0.05) is 25.1 Å². The molecule has 0 atom stereocenters. The van der Waals surface area contributed by atoms with Gasteiger partial charge in [-0.25, -0.2) is 18.4 Å². The van der Waals surface area contributed by atoms with Gasteiger partial charge in [0.05, 0.1) is 0 Å². The third-order valence-corrected chi connectivity index (χ3v) is 2.69. The van der Waals surface area contributed by atoms with E-state index in [9.17, 15) is 8.42 Å². The molecule has 0 aliphatic rings. The van der Waals surface area contributed by atoms with Gasteiger partial charge in [-0.3, -0.25) is 0 Å². The zero-order valence-corrected chi connectivity index (χ0v) is 11.3. The van der Waals surface area contributed by atoms with Crippen LogP contribution in [0.2, 0.25) is 0 Å². The van der Waals surface area contributed by atoms with Crippen LogP contribution in [0.4, 0.5) is 0 Å². The molecule has 0 rings (SSSR count). The van der Waals surface area contributed by atoms with Crippen molar-refractivity contribution in [3.8, 4) is 0 Å². The first-order valence-corrected chi connectivity index (χ1v) is 7.47. The Morgan fingerprint density at radius 2 is 2.12 bits per heavy atom. The number of amidine groups is 1. The number of unbranched alkanes of at least 4 members (excludes halogenated alkanes) is 2. The Morgan fingerprint density at radius 3 is 2.65 bits per heavy atom. The minimum atomic E-state index is -3.37. The summed E-state index contributed by atoms with van der Waals surface area (Å²) < 4.78 is 22.7. The monoisotopic (exact) mass is 256 g/mol. The van der Waals surface area contributed by atoms with Gasteiger partial charge in [0.2, 0.25) is 15.0 Å². The first kappa shape index (κ1) is 15.8. The first-order chi connectivity index (χ1) is 8.02. The minimum Gasteiger partial charge on any atom is -0.231 e. The standard InChI is InChI=1S/C12H20N2O2S/c1-4-6-8-9-11-14-12(17(3,15)16)13-10-7-5-2/h5,9-11H,2,4,6-8H2,1,3H3/b11-9+,13-10+,14-12+. The van der Waals surface area contributed by atoms with E-state index in [1.165, 1.54) is 12.4 Å². The average Bonchev–Trinajstić information content (AvgIpc) is 2.25. The van der Waals surface area contributed by atoms with Gasteiger partial charge >= 0.3 is 0 Å². The van der Waals surface area contributed by atoms with Gasteiger partial charge in [0.1, 0.15) is 0 Å². The summed E-state index contributed by atoms with van der Waals surface area (Å²) >= 11 is 0. The lowest BCUT2D eigenvalue weighted by Crippen LogP contribution is -2.09. The Hall–Kier alpha value is -1.23. The third-order valence-electron chi connectivity index (χ3n) is 1.82. The van der Waals surface area contributed by atoms with Crippen LogP contribution < -0.4 is 0 Å². The summed E-state index contributed by atoms with van der Waals surface area (Å²) in [5.74, 6) is 0. The van der Waals surface area contributed by atoms with Crippen LogP contribution in [0.1, 0.15) is 32.6 Å². The van der Waals surface area contributed by atoms with Gasteiger partial charge in [-0.05, 0) is 6.42 Å². The van der Waals surface area contributed by atoms with Gasteiger partial charge in [0.15, 0.2) is 0 Å². The molecule has 0 fully saturated rings. The SMILES string of the molecule is C=CC/C=N/C(=N\C=C\CCCC)S(C)(=O)=O. The highest BCUT2D eigenvalue weighted by Crippen LogP contribution is 1.98. The van der Waals surface area contributed by atoms with Crippen molar-refractivity contribution in [3.05, 3.63) is 24.9 Å². The summed E-state index contributed by atoms with van der Waals surface area (Å²) in [5, 5.41) is -0.160. The number of hydrogen-bond donors (Lipinski definition) is 0. The molecule has 0 heterocycles. The molecule has 0 bridgehead atoms. The molecular weight excluding hydrogens is 236 g/mol. The van der Waals surface area contributed by atoms with E-state index in [0.717, 1.165) is 25.5 Å². The summed E-state index contributed by atoms with van der Waals surface area (Å²) in [6, 6.07) is 0. The molecule has 0 spiro atoms. The van der Waals surface area contributed by atoms with Gasteiger partial charge in [-0.15, -0.1) is 6.58 Å². The maximum absolute atomic E-state index is 11.3. The van der Waals surface area contributed by atoms with Crippen molar-refractivity contribution >= 4 is 21.2 Å². The van der Waals surface area contributed by atoms with Crippen molar-refractivity contribution in [1.82, 2.24) is 0 Å². The molecular formula is C12H20N2O2S. The van der Waals surface area contributed by atoms with Crippen LogP contribution in [0, 0.1) is 0 Å². The molecule has 0 aromatic rings. The number of aliphatic imine (C=N–C) groups is 2. The van der Waals surface area contributed by atoms with E-state index in [-0.39, 0.29) is 5.17 Å². The Labute approximate surface area is 104 Å². The smallest absolute Gasteiger partial charge is 0.231 e. The second-order valence-electron chi connectivity index (χ2n) is 3.55. The van der Waals surface area contributed by atoms with Gasteiger partial charge in [-0.1, -0.05) is 31.9 Å². The largest absolute Gasteiger partial charge is 0.246 e. The molecule has 4 nitrogen and oxygen atoms in total. The van der Waals surface area contributed by atoms with Crippen LogP contribution in [-0.4, -0.2) is 26.1 Å². The zero-order valence-electron chi connectivity index (χ0n) is 10.5. The van der Waals surface area contributed by atoms with Crippen molar-refractivity contribution < 1.29 is 8.42 Å². The highest BCUT2D eigenvalue weighted by Gasteiger charge is 2.09. The fourth-order valence-corrected chi connectivity index (χ4v) is 1.46. The summed E-state index contributed by atoms with van der Waals surface area (Å²) in [6.07, 6.45) is 11.1. The molecule has 0 saturated carbocycles. The average molecular weight is 256 g/mol. The molecule has 0 aromatic heterocycles. The number of allylic oxidation sites excluding steroid dienone is 2. The van der Waals surface area contributed by atoms with E-state index in [2.05, 4.69) is 23.5 Å². The fraction of sp³-hybridized carbons (Fsp3) is 0.500. The lowest BCUT2D eigenvalue weighted by molar-refractivity contribution is 0.612. The van der Waals surface area contributed by atoms with Crippen LogP contribution in [0.15, 0.2) is 34.9 Å². The Morgan fingerprint density at radius 1 is 1.41 bits per heavy atom.